The number of thiazole rings is 1. The van der Waals surface area contributed by atoms with Crippen molar-refractivity contribution in [3.8, 4) is 0 Å². The van der Waals surface area contributed by atoms with E-state index >= 15 is 0 Å². The fraction of sp³-hybridized carbons (Fsp3) is 0.300. The summed E-state index contributed by atoms with van der Waals surface area (Å²) in [5.74, 6) is 2.22. The molecule has 2 aromatic heterocycles. The van der Waals surface area contributed by atoms with Gasteiger partial charge in [0.05, 0.1) is 11.2 Å². The molecule has 1 aromatic carbocycles. The molecule has 2 N–H and O–H groups in total. The zero-order valence-corrected chi connectivity index (χ0v) is 17.3. The lowest BCUT2D eigenvalue weighted by Gasteiger charge is -2.20. The fourth-order valence-electron chi connectivity index (χ4n) is 2.82. The first kappa shape index (κ1) is 19.8. The molecule has 28 heavy (non-hydrogen) atoms. The highest BCUT2D eigenvalue weighted by Crippen LogP contribution is 2.22. The van der Waals surface area contributed by atoms with E-state index in [0.29, 0.717) is 4.88 Å². The second kappa shape index (κ2) is 8.79. The molecule has 8 heteroatoms. The summed E-state index contributed by atoms with van der Waals surface area (Å²) >= 11 is 1.34. The van der Waals surface area contributed by atoms with Gasteiger partial charge in [-0.3, -0.25) is 4.79 Å². The molecule has 2 heterocycles. The number of nitrogens with one attached hydrogen (secondary N) is 2. The van der Waals surface area contributed by atoms with Crippen LogP contribution in [0.15, 0.2) is 35.8 Å². The smallest absolute Gasteiger partial charge is 0.267 e. The number of amides is 1. The molecule has 0 spiro atoms. The molecule has 146 valence electrons. The predicted molar refractivity (Wildman–Crippen MR) is 115 cm³/mol. The number of anilines is 4. The number of rotatable bonds is 7. The van der Waals surface area contributed by atoms with Gasteiger partial charge in [0.25, 0.3) is 5.91 Å². The number of aromatic nitrogens is 3. The van der Waals surface area contributed by atoms with Gasteiger partial charge in [0.2, 0.25) is 0 Å². The Bertz CT molecular complexity index is 950. The van der Waals surface area contributed by atoms with Gasteiger partial charge in [0, 0.05) is 30.5 Å². The van der Waals surface area contributed by atoms with Gasteiger partial charge in [0.1, 0.15) is 22.3 Å². The molecule has 0 aliphatic heterocycles. The molecule has 0 atom stereocenters. The Labute approximate surface area is 168 Å². The summed E-state index contributed by atoms with van der Waals surface area (Å²) in [6.07, 6.45) is 0. The third kappa shape index (κ3) is 4.64. The molecule has 0 aliphatic rings. The first-order valence-corrected chi connectivity index (χ1v) is 10.1. The zero-order chi connectivity index (χ0) is 20.1. The number of carbonyl (C=O) groups excluding carboxylic acids is 1. The van der Waals surface area contributed by atoms with Gasteiger partial charge in [-0.1, -0.05) is 0 Å². The molecule has 7 nitrogen and oxygen atoms in total. The second-order valence-corrected chi connectivity index (χ2v) is 7.11. The third-order valence-corrected chi connectivity index (χ3v) is 5.21. The normalized spacial score (nSPS) is 10.6. The van der Waals surface area contributed by atoms with Gasteiger partial charge < -0.3 is 15.5 Å². The maximum atomic E-state index is 12.3. The lowest BCUT2D eigenvalue weighted by atomic mass is 10.2. The summed E-state index contributed by atoms with van der Waals surface area (Å²) in [6, 6.07) is 9.47. The van der Waals surface area contributed by atoms with Crippen molar-refractivity contribution in [2.75, 3.05) is 28.6 Å². The summed E-state index contributed by atoms with van der Waals surface area (Å²) in [5.41, 5.74) is 4.03. The molecule has 1 amide bonds. The van der Waals surface area contributed by atoms with Gasteiger partial charge in [0.15, 0.2) is 0 Å². The van der Waals surface area contributed by atoms with Gasteiger partial charge in [-0.05, 0) is 52.0 Å². The quantitative estimate of drug-likeness (QED) is 0.616. The molecule has 3 rings (SSSR count). The number of carbonyl (C=O) groups is 1. The number of nitrogens with zero attached hydrogens (tertiary/aromatic N) is 4. The highest BCUT2D eigenvalue weighted by atomic mass is 32.1. The van der Waals surface area contributed by atoms with Crippen molar-refractivity contribution in [2.45, 2.75) is 27.7 Å². The van der Waals surface area contributed by atoms with Crippen LogP contribution in [0.2, 0.25) is 0 Å². The minimum absolute atomic E-state index is 0.143. The SMILES string of the molecule is CCN(CC)c1cc(Nc2ccc(NC(=O)c3scnc3C)cc2)nc(C)n1. The molecular formula is C20H24N6OS. The van der Waals surface area contributed by atoms with E-state index in [0.717, 1.165) is 47.6 Å². The highest BCUT2D eigenvalue weighted by Gasteiger charge is 2.12. The second-order valence-electron chi connectivity index (χ2n) is 6.25. The molecule has 0 fully saturated rings. The number of hydrogen-bond donors (Lipinski definition) is 2. The monoisotopic (exact) mass is 396 g/mol. The molecule has 0 unspecified atom stereocenters. The van der Waals surface area contributed by atoms with Crippen molar-refractivity contribution < 1.29 is 4.79 Å². The standard InChI is InChI=1S/C20H24N6OS/c1-5-26(6-2)18-11-17(22-14(4)23-18)24-15-7-9-16(10-8-15)25-20(27)19-13(3)21-12-28-19/h7-12H,5-6H2,1-4H3,(H,25,27)(H,22,23,24). The summed E-state index contributed by atoms with van der Waals surface area (Å²) in [6.45, 7) is 9.70. The van der Waals surface area contributed by atoms with Crippen LogP contribution in [-0.2, 0) is 0 Å². The van der Waals surface area contributed by atoms with Crippen LogP contribution in [0.5, 0.6) is 0 Å². The Balaban J connectivity index is 1.71. The van der Waals surface area contributed by atoms with E-state index in [4.69, 9.17) is 0 Å². The Morgan fingerprint density at radius 1 is 1.07 bits per heavy atom. The number of hydrogen-bond acceptors (Lipinski definition) is 7. The lowest BCUT2D eigenvalue weighted by Crippen LogP contribution is -2.23. The Morgan fingerprint density at radius 2 is 1.75 bits per heavy atom. The van der Waals surface area contributed by atoms with Gasteiger partial charge in [-0.15, -0.1) is 11.3 Å². The van der Waals surface area contributed by atoms with Crippen molar-refractivity contribution in [2.24, 2.45) is 0 Å². The number of aryl methyl sites for hydroxylation is 2. The maximum Gasteiger partial charge on any atom is 0.267 e. The van der Waals surface area contributed by atoms with E-state index in [1.165, 1.54) is 11.3 Å². The largest absolute Gasteiger partial charge is 0.357 e. The zero-order valence-electron chi connectivity index (χ0n) is 16.5. The Morgan fingerprint density at radius 3 is 2.36 bits per heavy atom. The van der Waals surface area contributed by atoms with E-state index < -0.39 is 0 Å². The van der Waals surface area contributed by atoms with E-state index in [1.807, 2.05) is 44.2 Å². The minimum Gasteiger partial charge on any atom is -0.357 e. The summed E-state index contributed by atoms with van der Waals surface area (Å²) < 4.78 is 0. The first-order chi connectivity index (χ1) is 13.5. The van der Waals surface area contributed by atoms with Crippen molar-refractivity contribution in [1.29, 1.82) is 0 Å². The average Bonchev–Trinajstić information content (AvgIpc) is 3.10. The summed E-state index contributed by atoms with van der Waals surface area (Å²) in [5, 5.41) is 6.20. The molecule has 0 radical (unpaired) electrons. The summed E-state index contributed by atoms with van der Waals surface area (Å²) in [4.78, 5) is 28.2. The maximum absolute atomic E-state index is 12.3. The van der Waals surface area contributed by atoms with Gasteiger partial charge in [-0.25, -0.2) is 15.0 Å². The predicted octanol–water partition coefficient (Wildman–Crippen LogP) is 4.39. The highest BCUT2D eigenvalue weighted by molar-refractivity contribution is 7.12. The molecule has 0 saturated carbocycles. The van der Waals surface area contributed by atoms with E-state index in [1.54, 1.807) is 5.51 Å². The van der Waals surface area contributed by atoms with Crippen LogP contribution >= 0.6 is 11.3 Å². The van der Waals surface area contributed by atoms with Crippen molar-refractivity contribution in [3.63, 3.8) is 0 Å². The average molecular weight is 397 g/mol. The molecule has 0 aliphatic carbocycles. The lowest BCUT2D eigenvalue weighted by molar-refractivity contribution is 0.103. The molecule has 0 saturated heterocycles. The van der Waals surface area contributed by atoms with Crippen LogP contribution in [0.1, 0.15) is 35.0 Å². The van der Waals surface area contributed by atoms with E-state index in [9.17, 15) is 4.79 Å². The van der Waals surface area contributed by atoms with Crippen LogP contribution in [0.4, 0.5) is 23.0 Å². The third-order valence-electron chi connectivity index (χ3n) is 4.28. The Hall–Kier alpha value is -3.00. The van der Waals surface area contributed by atoms with Crippen LogP contribution in [0, 0.1) is 13.8 Å². The Kier molecular flexibility index (Phi) is 6.20. The minimum atomic E-state index is -0.143. The van der Waals surface area contributed by atoms with Crippen LogP contribution in [0.25, 0.3) is 0 Å². The van der Waals surface area contributed by atoms with Crippen LogP contribution in [0.3, 0.4) is 0 Å². The van der Waals surface area contributed by atoms with E-state index in [-0.39, 0.29) is 5.91 Å². The van der Waals surface area contributed by atoms with Crippen molar-refractivity contribution in [3.05, 3.63) is 52.2 Å². The summed E-state index contributed by atoms with van der Waals surface area (Å²) in [7, 11) is 0. The fourth-order valence-corrected chi connectivity index (χ4v) is 3.52. The molecule has 3 aromatic rings. The van der Waals surface area contributed by atoms with Crippen molar-refractivity contribution >= 4 is 40.3 Å². The number of benzene rings is 1. The van der Waals surface area contributed by atoms with Crippen molar-refractivity contribution in [1.82, 2.24) is 15.0 Å². The van der Waals surface area contributed by atoms with Crippen LogP contribution in [-0.4, -0.2) is 33.9 Å². The first-order valence-electron chi connectivity index (χ1n) is 9.19. The van der Waals surface area contributed by atoms with Gasteiger partial charge in [-0.2, -0.15) is 0 Å². The molecule has 0 bridgehead atoms. The molecular weight excluding hydrogens is 372 g/mol. The van der Waals surface area contributed by atoms with Crippen LogP contribution < -0.4 is 15.5 Å². The topological polar surface area (TPSA) is 83.0 Å². The van der Waals surface area contributed by atoms with E-state index in [2.05, 4.69) is 44.3 Å². The van der Waals surface area contributed by atoms with Gasteiger partial charge >= 0.3 is 0 Å².